The molecule has 0 heterocycles. The summed E-state index contributed by atoms with van der Waals surface area (Å²) < 4.78 is 0. The normalized spacial score (nSPS) is 17.5. The van der Waals surface area contributed by atoms with E-state index in [1.807, 2.05) is 0 Å². The Hall–Kier alpha value is -1.07. The van der Waals surface area contributed by atoms with E-state index in [4.69, 9.17) is 20.4 Å². The van der Waals surface area contributed by atoms with Crippen molar-refractivity contribution in [3.05, 3.63) is 11.8 Å². The zero-order valence-electron chi connectivity index (χ0n) is 5.93. The number of aliphatic carboxylic acids is 1. The number of carbonyl (C=O) groups is 1. The summed E-state index contributed by atoms with van der Waals surface area (Å²) in [6.07, 6.45) is -1.80. The first-order valence-corrected chi connectivity index (χ1v) is 2.95. The van der Waals surface area contributed by atoms with Crippen molar-refractivity contribution < 1.29 is 25.2 Å². The predicted molar refractivity (Wildman–Crippen MR) is 36.0 cm³/mol. The number of aliphatic hydroxyl groups is 3. The Bertz CT molecular complexity index is 172. The van der Waals surface area contributed by atoms with Crippen molar-refractivity contribution in [2.75, 3.05) is 0 Å². The van der Waals surface area contributed by atoms with Gasteiger partial charge in [-0.15, -0.1) is 0 Å². The van der Waals surface area contributed by atoms with Gasteiger partial charge in [-0.2, -0.15) is 0 Å². The summed E-state index contributed by atoms with van der Waals surface area (Å²) in [5.74, 6) is -2.51. The van der Waals surface area contributed by atoms with Crippen LogP contribution in [-0.4, -0.2) is 38.6 Å². The summed E-state index contributed by atoms with van der Waals surface area (Å²) in [6, 6.07) is 0. The van der Waals surface area contributed by atoms with Crippen LogP contribution >= 0.6 is 0 Å². The van der Waals surface area contributed by atoms with Crippen molar-refractivity contribution in [3.8, 4) is 0 Å². The van der Waals surface area contributed by atoms with E-state index in [0.29, 0.717) is 6.08 Å². The van der Waals surface area contributed by atoms with Gasteiger partial charge in [0.2, 0.25) is 0 Å². The highest BCUT2D eigenvalue weighted by Crippen LogP contribution is 1.97. The number of rotatable bonds is 3. The fourth-order valence-electron chi connectivity index (χ4n) is 0.372. The standard InChI is InChI=1S/C6H10O5/c1-3(7)4(8)2-5(9)6(10)11/h2-4,7-9H,1H3,(H,10,11)/b5-2-/t3-,4-/m1/s1. The van der Waals surface area contributed by atoms with E-state index in [2.05, 4.69) is 0 Å². The maximum atomic E-state index is 9.95. The Balaban J connectivity index is 4.19. The summed E-state index contributed by atoms with van der Waals surface area (Å²) in [5.41, 5.74) is 0. The molecule has 0 bridgehead atoms. The Kier molecular flexibility index (Phi) is 3.56. The molecule has 0 amide bonds. The van der Waals surface area contributed by atoms with Gasteiger partial charge in [0.15, 0.2) is 5.76 Å². The SMILES string of the molecule is C[C@@H](O)[C@H](O)/C=C(\O)C(=O)O. The Labute approximate surface area is 63.2 Å². The van der Waals surface area contributed by atoms with E-state index in [-0.39, 0.29) is 0 Å². The molecule has 0 saturated heterocycles. The highest BCUT2D eigenvalue weighted by Gasteiger charge is 2.11. The number of aliphatic hydroxyl groups excluding tert-OH is 3. The molecule has 0 unspecified atom stereocenters. The molecule has 11 heavy (non-hydrogen) atoms. The van der Waals surface area contributed by atoms with Crippen LogP contribution < -0.4 is 0 Å². The van der Waals surface area contributed by atoms with E-state index >= 15 is 0 Å². The Morgan fingerprint density at radius 3 is 2.09 bits per heavy atom. The minimum atomic E-state index is -1.54. The van der Waals surface area contributed by atoms with E-state index in [0.717, 1.165) is 0 Å². The first-order chi connectivity index (χ1) is 4.95. The van der Waals surface area contributed by atoms with E-state index in [1.165, 1.54) is 6.92 Å². The van der Waals surface area contributed by atoms with Gasteiger partial charge in [-0.3, -0.25) is 0 Å². The fraction of sp³-hybridized carbons (Fsp3) is 0.500. The van der Waals surface area contributed by atoms with Crippen molar-refractivity contribution in [3.63, 3.8) is 0 Å². The lowest BCUT2D eigenvalue weighted by atomic mass is 10.2. The second-order valence-corrected chi connectivity index (χ2v) is 2.09. The van der Waals surface area contributed by atoms with Crippen molar-refractivity contribution >= 4 is 5.97 Å². The smallest absolute Gasteiger partial charge is 0.370 e. The lowest BCUT2D eigenvalue weighted by molar-refractivity contribution is -0.135. The second-order valence-electron chi connectivity index (χ2n) is 2.09. The lowest BCUT2D eigenvalue weighted by Crippen LogP contribution is -2.21. The molecular formula is C6H10O5. The third-order valence-electron chi connectivity index (χ3n) is 1.04. The summed E-state index contributed by atoms with van der Waals surface area (Å²) in [6.45, 7) is 1.27. The third kappa shape index (κ3) is 3.59. The maximum absolute atomic E-state index is 9.95. The van der Waals surface area contributed by atoms with Gasteiger partial charge in [0.25, 0.3) is 0 Å². The molecular weight excluding hydrogens is 152 g/mol. The van der Waals surface area contributed by atoms with Gasteiger partial charge in [-0.1, -0.05) is 0 Å². The van der Waals surface area contributed by atoms with Crippen LogP contribution in [0.1, 0.15) is 6.92 Å². The van der Waals surface area contributed by atoms with Gasteiger partial charge >= 0.3 is 5.97 Å². The summed E-state index contributed by atoms with van der Waals surface area (Å²) >= 11 is 0. The Morgan fingerprint density at radius 2 is 1.82 bits per heavy atom. The summed E-state index contributed by atoms with van der Waals surface area (Å²) in [5, 5.41) is 34.1. The average molecular weight is 162 g/mol. The number of hydrogen-bond donors (Lipinski definition) is 4. The average Bonchev–Trinajstić information content (AvgIpc) is 1.87. The van der Waals surface area contributed by atoms with Gasteiger partial charge in [0.1, 0.15) is 6.10 Å². The topological polar surface area (TPSA) is 98.0 Å². The highest BCUT2D eigenvalue weighted by atomic mass is 16.4. The first-order valence-electron chi connectivity index (χ1n) is 2.95. The zero-order chi connectivity index (χ0) is 9.02. The molecule has 0 rings (SSSR count). The predicted octanol–water partition coefficient (Wildman–Crippen LogP) is -0.745. The molecule has 0 aliphatic rings. The molecule has 0 aliphatic carbocycles. The van der Waals surface area contributed by atoms with E-state index < -0.39 is 23.9 Å². The Morgan fingerprint density at radius 1 is 1.36 bits per heavy atom. The molecule has 4 N–H and O–H groups in total. The van der Waals surface area contributed by atoms with Gasteiger partial charge in [0.05, 0.1) is 6.10 Å². The van der Waals surface area contributed by atoms with Crippen molar-refractivity contribution in [1.82, 2.24) is 0 Å². The van der Waals surface area contributed by atoms with Crippen molar-refractivity contribution in [2.45, 2.75) is 19.1 Å². The van der Waals surface area contributed by atoms with Crippen LogP contribution in [0.4, 0.5) is 0 Å². The lowest BCUT2D eigenvalue weighted by Gasteiger charge is -2.07. The molecule has 0 fully saturated rings. The largest absolute Gasteiger partial charge is 0.502 e. The molecule has 0 aromatic heterocycles. The van der Waals surface area contributed by atoms with Crippen LogP contribution in [0.25, 0.3) is 0 Å². The highest BCUT2D eigenvalue weighted by molar-refractivity contribution is 5.83. The quantitative estimate of drug-likeness (QED) is 0.323. The van der Waals surface area contributed by atoms with Crippen LogP contribution in [0.3, 0.4) is 0 Å². The van der Waals surface area contributed by atoms with Gasteiger partial charge in [-0.05, 0) is 13.0 Å². The fourth-order valence-corrected chi connectivity index (χ4v) is 0.372. The second kappa shape index (κ2) is 3.95. The number of carboxylic acid groups (broad SMARTS) is 1. The van der Waals surface area contributed by atoms with Crippen LogP contribution in [-0.2, 0) is 4.79 Å². The van der Waals surface area contributed by atoms with E-state index in [1.54, 1.807) is 0 Å². The molecule has 5 heteroatoms. The number of carboxylic acids is 1. The van der Waals surface area contributed by atoms with Crippen molar-refractivity contribution in [1.29, 1.82) is 0 Å². The molecule has 0 spiro atoms. The molecule has 5 nitrogen and oxygen atoms in total. The molecule has 0 radical (unpaired) electrons. The third-order valence-corrected chi connectivity index (χ3v) is 1.04. The number of hydrogen-bond acceptors (Lipinski definition) is 4. The minimum Gasteiger partial charge on any atom is -0.502 e. The molecule has 64 valence electrons. The molecule has 2 atom stereocenters. The zero-order valence-corrected chi connectivity index (χ0v) is 5.93. The van der Waals surface area contributed by atoms with Crippen LogP contribution in [0, 0.1) is 0 Å². The summed E-state index contributed by atoms with van der Waals surface area (Å²) in [4.78, 5) is 9.95. The van der Waals surface area contributed by atoms with Gasteiger partial charge < -0.3 is 20.4 Å². The molecule has 0 aromatic carbocycles. The van der Waals surface area contributed by atoms with Crippen LogP contribution in [0.15, 0.2) is 11.8 Å². The van der Waals surface area contributed by atoms with Crippen molar-refractivity contribution in [2.24, 2.45) is 0 Å². The maximum Gasteiger partial charge on any atom is 0.370 e. The summed E-state index contributed by atoms with van der Waals surface area (Å²) in [7, 11) is 0. The van der Waals surface area contributed by atoms with Crippen LogP contribution in [0.2, 0.25) is 0 Å². The molecule has 0 aromatic rings. The molecule has 0 saturated carbocycles. The first kappa shape index (κ1) is 9.93. The van der Waals surface area contributed by atoms with Crippen LogP contribution in [0.5, 0.6) is 0 Å². The van der Waals surface area contributed by atoms with Gasteiger partial charge in [0, 0.05) is 0 Å². The monoisotopic (exact) mass is 162 g/mol. The minimum absolute atomic E-state index is 0.660. The van der Waals surface area contributed by atoms with E-state index in [9.17, 15) is 4.79 Å². The van der Waals surface area contributed by atoms with Gasteiger partial charge in [-0.25, -0.2) is 4.79 Å². The molecule has 0 aliphatic heterocycles.